The number of rotatable bonds is 5. The van der Waals surface area contributed by atoms with E-state index in [1.165, 1.54) is 0 Å². The molecular weight excluding hydrogens is 146 g/mol. The first kappa shape index (κ1) is 10.4. The van der Waals surface area contributed by atoms with Gasteiger partial charge in [-0.2, -0.15) is 0 Å². The topological polar surface area (TPSA) is 72.6 Å². The summed E-state index contributed by atoms with van der Waals surface area (Å²) in [4.78, 5) is 10.3. The van der Waals surface area contributed by atoms with Gasteiger partial charge in [0.05, 0.1) is 18.8 Å². The van der Waals surface area contributed by atoms with Crippen molar-refractivity contribution in [2.45, 2.75) is 25.9 Å². The van der Waals surface area contributed by atoms with E-state index in [9.17, 15) is 4.79 Å². The van der Waals surface area contributed by atoms with Crippen LogP contribution in [0.5, 0.6) is 0 Å². The molecule has 0 fully saturated rings. The van der Waals surface area contributed by atoms with Gasteiger partial charge in [-0.05, 0) is 13.8 Å². The molecule has 0 aromatic rings. The number of hydrogen-bond donors (Lipinski definition) is 2. The van der Waals surface area contributed by atoms with E-state index in [0.29, 0.717) is 0 Å². The Kier molecular flexibility index (Phi) is 4.07. The lowest BCUT2D eigenvalue weighted by Gasteiger charge is -2.21. The average Bonchev–Trinajstić information content (AvgIpc) is 1.87. The summed E-state index contributed by atoms with van der Waals surface area (Å²) in [7, 11) is 0. The van der Waals surface area contributed by atoms with Gasteiger partial charge in [-0.3, -0.25) is 4.79 Å². The summed E-state index contributed by atoms with van der Waals surface area (Å²) in [6.07, 6.45) is 0.198. The third-order valence-corrected chi connectivity index (χ3v) is 1.22. The van der Waals surface area contributed by atoms with Crippen molar-refractivity contribution in [1.29, 1.82) is 0 Å². The van der Waals surface area contributed by atoms with Gasteiger partial charge in [0, 0.05) is 6.42 Å². The Morgan fingerprint density at radius 1 is 1.64 bits per heavy atom. The summed E-state index contributed by atoms with van der Waals surface area (Å²) in [6.45, 7) is 3.69. The van der Waals surface area contributed by atoms with Gasteiger partial charge < -0.3 is 15.6 Å². The number of primary amides is 1. The van der Waals surface area contributed by atoms with E-state index in [2.05, 4.69) is 0 Å². The smallest absolute Gasteiger partial charge is 0.219 e. The van der Waals surface area contributed by atoms with Gasteiger partial charge in [-0.15, -0.1) is 0 Å². The molecule has 0 saturated carbocycles. The molecule has 0 radical (unpaired) electrons. The standard InChI is InChI=1S/C7H15NO3/c1-7(2,5-9)11-4-3-6(8)10/h9H,3-5H2,1-2H3,(H2,8,10). The largest absolute Gasteiger partial charge is 0.393 e. The summed E-state index contributed by atoms with van der Waals surface area (Å²) in [5.74, 6) is -0.390. The molecule has 0 bridgehead atoms. The van der Waals surface area contributed by atoms with Crippen LogP contribution in [-0.4, -0.2) is 29.8 Å². The number of aliphatic hydroxyl groups is 1. The summed E-state index contributed by atoms with van der Waals surface area (Å²) < 4.78 is 5.14. The summed E-state index contributed by atoms with van der Waals surface area (Å²) in [5, 5.41) is 8.72. The molecule has 11 heavy (non-hydrogen) atoms. The molecular formula is C7H15NO3. The van der Waals surface area contributed by atoms with E-state index >= 15 is 0 Å². The SMILES string of the molecule is CC(C)(CO)OCCC(N)=O. The second kappa shape index (κ2) is 4.31. The van der Waals surface area contributed by atoms with Crippen molar-refractivity contribution in [2.75, 3.05) is 13.2 Å². The molecule has 66 valence electrons. The monoisotopic (exact) mass is 161 g/mol. The van der Waals surface area contributed by atoms with Crippen molar-refractivity contribution in [3.05, 3.63) is 0 Å². The molecule has 0 atom stereocenters. The normalized spacial score (nSPS) is 11.5. The van der Waals surface area contributed by atoms with Crippen LogP contribution in [0.2, 0.25) is 0 Å². The molecule has 4 heteroatoms. The molecule has 4 nitrogen and oxygen atoms in total. The predicted molar refractivity (Wildman–Crippen MR) is 40.9 cm³/mol. The lowest BCUT2D eigenvalue weighted by molar-refractivity contribution is -0.121. The van der Waals surface area contributed by atoms with Gasteiger partial charge in [-0.25, -0.2) is 0 Å². The summed E-state index contributed by atoms with van der Waals surface area (Å²) in [6, 6.07) is 0. The molecule has 0 unspecified atom stereocenters. The quantitative estimate of drug-likeness (QED) is 0.578. The van der Waals surface area contributed by atoms with Gasteiger partial charge in [0.25, 0.3) is 0 Å². The van der Waals surface area contributed by atoms with Crippen molar-refractivity contribution >= 4 is 5.91 Å². The van der Waals surface area contributed by atoms with E-state index in [4.69, 9.17) is 15.6 Å². The molecule has 1 amide bonds. The number of carbonyl (C=O) groups excluding carboxylic acids is 1. The van der Waals surface area contributed by atoms with Crippen LogP contribution in [-0.2, 0) is 9.53 Å². The number of ether oxygens (including phenoxy) is 1. The highest BCUT2D eigenvalue weighted by molar-refractivity contribution is 5.73. The van der Waals surface area contributed by atoms with Crippen molar-refractivity contribution < 1.29 is 14.6 Å². The minimum atomic E-state index is -0.574. The first-order valence-corrected chi connectivity index (χ1v) is 3.51. The van der Waals surface area contributed by atoms with E-state index < -0.39 is 11.5 Å². The first-order valence-electron chi connectivity index (χ1n) is 3.51. The van der Waals surface area contributed by atoms with Crippen LogP contribution in [0.15, 0.2) is 0 Å². The molecule has 0 saturated heterocycles. The minimum Gasteiger partial charge on any atom is -0.393 e. The summed E-state index contributed by atoms with van der Waals surface area (Å²) in [5.41, 5.74) is 4.31. The molecule has 0 aliphatic heterocycles. The zero-order chi connectivity index (χ0) is 8.91. The Balaban J connectivity index is 3.45. The number of amides is 1. The lowest BCUT2D eigenvalue weighted by atomic mass is 10.1. The van der Waals surface area contributed by atoms with Crippen LogP contribution in [0.1, 0.15) is 20.3 Å². The molecule has 0 aromatic carbocycles. The van der Waals surface area contributed by atoms with Crippen molar-refractivity contribution in [3.63, 3.8) is 0 Å². The van der Waals surface area contributed by atoms with E-state index in [1.807, 2.05) is 0 Å². The van der Waals surface area contributed by atoms with Gasteiger partial charge in [0.2, 0.25) is 5.91 Å². The predicted octanol–water partition coefficient (Wildman–Crippen LogP) is -0.351. The molecule has 0 aliphatic carbocycles. The fourth-order valence-electron chi connectivity index (χ4n) is 0.474. The van der Waals surface area contributed by atoms with Crippen molar-refractivity contribution in [2.24, 2.45) is 5.73 Å². The zero-order valence-corrected chi connectivity index (χ0v) is 6.96. The maximum atomic E-state index is 10.3. The maximum Gasteiger partial charge on any atom is 0.219 e. The van der Waals surface area contributed by atoms with Crippen LogP contribution in [0, 0.1) is 0 Å². The minimum absolute atomic E-state index is 0.0637. The highest BCUT2D eigenvalue weighted by Crippen LogP contribution is 2.07. The fourth-order valence-corrected chi connectivity index (χ4v) is 0.474. The average molecular weight is 161 g/mol. The van der Waals surface area contributed by atoms with Crippen LogP contribution < -0.4 is 5.73 Å². The highest BCUT2D eigenvalue weighted by Gasteiger charge is 2.16. The Hall–Kier alpha value is -0.610. The van der Waals surface area contributed by atoms with E-state index in [1.54, 1.807) is 13.8 Å². The van der Waals surface area contributed by atoms with Crippen LogP contribution in [0.3, 0.4) is 0 Å². The van der Waals surface area contributed by atoms with E-state index in [0.717, 1.165) is 0 Å². The van der Waals surface area contributed by atoms with Crippen LogP contribution >= 0.6 is 0 Å². The zero-order valence-electron chi connectivity index (χ0n) is 6.96. The molecule has 0 aliphatic rings. The molecule has 0 rings (SSSR count). The Labute approximate surface area is 66.3 Å². The maximum absolute atomic E-state index is 10.3. The van der Waals surface area contributed by atoms with E-state index in [-0.39, 0.29) is 19.6 Å². The van der Waals surface area contributed by atoms with Gasteiger partial charge in [0.1, 0.15) is 0 Å². The van der Waals surface area contributed by atoms with Gasteiger partial charge >= 0.3 is 0 Å². The van der Waals surface area contributed by atoms with Crippen LogP contribution in [0.25, 0.3) is 0 Å². The summed E-state index contributed by atoms with van der Waals surface area (Å²) >= 11 is 0. The van der Waals surface area contributed by atoms with Crippen molar-refractivity contribution in [1.82, 2.24) is 0 Å². The number of carbonyl (C=O) groups is 1. The molecule has 0 heterocycles. The Bertz CT molecular complexity index is 134. The molecule has 3 N–H and O–H groups in total. The highest BCUT2D eigenvalue weighted by atomic mass is 16.5. The number of hydrogen-bond acceptors (Lipinski definition) is 3. The Morgan fingerprint density at radius 3 is 2.55 bits per heavy atom. The molecule has 0 spiro atoms. The van der Waals surface area contributed by atoms with Crippen LogP contribution in [0.4, 0.5) is 0 Å². The molecule has 0 aromatic heterocycles. The number of aliphatic hydroxyl groups excluding tert-OH is 1. The third kappa shape index (κ3) is 5.82. The van der Waals surface area contributed by atoms with Gasteiger partial charge in [-0.1, -0.05) is 0 Å². The third-order valence-electron chi connectivity index (χ3n) is 1.22. The van der Waals surface area contributed by atoms with Gasteiger partial charge in [0.15, 0.2) is 0 Å². The van der Waals surface area contributed by atoms with Crippen molar-refractivity contribution in [3.8, 4) is 0 Å². The first-order chi connectivity index (χ1) is 4.98. The second-order valence-electron chi connectivity index (χ2n) is 2.98. The second-order valence-corrected chi connectivity index (χ2v) is 2.98. The fraction of sp³-hybridized carbons (Fsp3) is 0.857. The lowest BCUT2D eigenvalue weighted by Crippen LogP contribution is -2.30. The number of nitrogens with two attached hydrogens (primary N) is 1. The Morgan fingerprint density at radius 2 is 2.18 bits per heavy atom.